The Kier molecular flexibility index (Phi) is 2.92. The lowest BCUT2D eigenvalue weighted by Gasteiger charge is -2.12. The number of para-hydroxylation sites is 1. The molecule has 0 fully saturated rings. The van der Waals surface area contributed by atoms with Gasteiger partial charge in [0.05, 0.1) is 0 Å². The van der Waals surface area contributed by atoms with Crippen molar-refractivity contribution in [3.63, 3.8) is 0 Å². The lowest BCUT2D eigenvalue weighted by Crippen LogP contribution is -2.31. The van der Waals surface area contributed by atoms with Gasteiger partial charge in [0, 0.05) is 12.1 Å². The Bertz CT molecular complexity index is 683. The number of hydrogen-bond acceptors (Lipinski definition) is 2. The van der Waals surface area contributed by atoms with Crippen LogP contribution in [0.25, 0.3) is 0 Å². The van der Waals surface area contributed by atoms with Gasteiger partial charge in [-0.2, -0.15) is 0 Å². The molecule has 1 N–H and O–H groups in total. The SMILES string of the molecule is O=C(Nc1ccc2c(c1)CCC2)C1Cc2ccccc2O1. The zero-order chi connectivity index (χ0) is 14.2. The maximum absolute atomic E-state index is 12.3. The summed E-state index contributed by atoms with van der Waals surface area (Å²) < 4.78 is 5.72. The van der Waals surface area contributed by atoms with Crippen molar-refractivity contribution in [3.05, 3.63) is 59.2 Å². The molecule has 0 bridgehead atoms. The van der Waals surface area contributed by atoms with Crippen LogP contribution in [-0.4, -0.2) is 12.0 Å². The van der Waals surface area contributed by atoms with E-state index in [2.05, 4.69) is 17.4 Å². The Morgan fingerprint density at radius 2 is 1.90 bits per heavy atom. The van der Waals surface area contributed by atoms with Crippen LogP contribution in [0.3, 0.4) is 0 Å². The van der Waals surface area contributed by atoms with E-state index in [1.807, 2.05) is 30.3 Å². The number of carbonyl (C=O) groups excluding carboxylic acids is 1. The van der Waals surface area contributed by atoms with Crippen LogP contribution in [0.5, 0.6) is 5.75 Å². The second kappa shape index (κ2) is 4.92. The first-order valence-electron chi connectivity index (χ1n) is 7.47. The molecule has 106 valence electrons. The van der Waals surface area contributed by atoms with Crippen LogP contribution in [0.15, 0.2) is 42.5 Å². The number of benzene rings is 2. The minimum atomic E-state index is -0.421. The van der Waals surface area contributed by atoms with Crippen molar-refractivity contribution in [2.45, 2.75) is 31.8 Å². The van der Waals surface area contributed by atoms with Gasteiger partial charge in [-0.15, -0.1) is 0 Å². The summed E-state index contributed by atoms with van der Waals surface area (Å²) in [5.74, 6) is 0.760. The van der Waals surface area contributed by atoms with E-state index in [-0.39, 0.29) is 5.91 Å². The van der Waals surface area contributed by atoms with Crippen molar-refractivity contribution in [1.29, 1.82) is 0 Å². The number of rotatable bonds is 2. The molecule has 1 aliphatic heterocycles. The quantitative estimate of drug-likeness (QED) is 0.917. The predicted molar refractivity (Wildman–Crippen MR) is 81.7 cm³/mol. The van der Waals surface area contributed by atoms with Crippen LogP contribution in [0.2, 0.25) is 0 Å². The first kappa shape index (κ1) is 12.5. The first-order valence-corrected chi connectivity index (χ1v) is 7.47. The lowest BCUT2D eigenvalue weighted by molar-refractivity contribution is -0.122. The largest absolute Gasteiger partial charge is 0.480 e. The van der Waals surface area contributed by atoms with Crippen LogP contribution in [0.1, 0.15) is 23.1 Å². The minimum absolute atomic E-state index is 0.0656. The van der Waals surface area contributed by atoms with Crippen molar-refractivity contribution in [1.82, 2.24) is 0 Å². The van der Waals surface area contributed by atoms with E-state index in [1.54, 1.807) is 0 Å². The number of nitrogens with one attached hydrogen (secondary N) is 1. The molecule has 1 amide bonds. The van der Waals surface area contributed by atoms with Gasteiger partial charge in [0.1, 0.15) is 5.75 Å². The average molecular weight is 279 g/mol. The molecule has 1 heterocycles. The minimum Gasteiger partial charge on any atom is -0.480 e. The average Bonchev–Trinajstić information content (AvgIpc) is 3.13. The van der Waals surface area contributed by atoms with Crippen molar-refractivity contribution in [2.24, 2.45) is 0 Å². The Morgan fingerprint density at radius 1 is 1.05 bits per heavy atom. The van der Waals surface area contributed by atoms with E-state index in [0.29, 0.717) is 6.42 Å². The molecule has 21 heavy (non-hydrogen) atoms. The maximum Gasteiger partial charge on any atom is 0.265 e. The van der Waals surface area contributed by atoms with Gasteiger partial charge in [-0.1, -0.05) is 24.3 Å². The van der Waals surface area contributed by atoms with E-state index in [9.17, 15) is 4.79 Å². The fourth-order valence-corrected chi connectivity index (χ4v) is 3.20. The number of ether oxygens (including phenoxy) is 1. The Labute approximate surface area is 123 Å². The zero-order valence-electron chi connectivity index (χ0n) is 11.8. The highest BCUT2D eigenvalue weighted by atomic mass is 16.5. The summed E-state index contributed by atoms with van der Waals surface area (Å²) in [6.45, 7) is 0. The molecule has 2 aromatic rings. The highest BCUT2D eigenvalue weighted by Crippen LogP contribution is 2.29. The summed E-state index contributed by atoms with van der Waals surface area (Å²) in [6.07, 6.45) is 3.71. The van der Waals surface area contributed by atoms with Gasteiger partial charge in [-0.05, 0) is 54.2 Å². The van der Waals surface area contributed by atoms with Crippen LogP contribution >= 0.6 is 0 Å². The van der Waals surface area contributed by atoms with E-state index >= 15 is 0 Å². The third-order valence-corrected chi connectivity index (χ3v) is 4.31. The normalized spacial score (nSPS) is 18.8. The molecule has 0 radical (unpaired) electrons. The number of aryl methyl sites for hydroxylation is 2. The molecule has 1 aliphatic carbocycles. The van der Waals surface area contributed by atoms with Crippen molar-refractivity contribution in [3.8, 4) is 5.75 Å². The van der Waals surface area contributed by atoms with E-state index in [4.69, 9.17) is 4.74 Å². The molecule has 2 aliphatic rings. The van der Waals surface area contributed by atoms with Gasteiger partial charge < -0.3 is 10.1 Å². The van der Waals surface area contributed by atoms with Gasteiger partial charge in [0.15, 0.2) is 6.10 Å². The Hall–Kier alpha value is -2.29. The molecule has 3 nitrogen and oxygen atoms in total. The molecule has 0 saturated carbocycles. The molecule has 1 atom stereocenters. The van der Waals surface area contributed by atoms with Crippen molar-refractivity contribution < 1.29 is 9.53 Å². The van der Waals surface area contributed by atoms with Crippen molar-refractivity contribution in [2.75, 3.05) is 5.32 Å². The second-order valence-corrected chi connectivity index (χ2v) is 5.74. The van der Waals surface area contributed by atoms with Gasteiger partial charge in [0.2, 0.25) is 0 Å². The first-order chi connectivity index (χ1) is 10.3. The molecular formula is C18H17NO2. The van der Waals surface area contributed by atoms with Crippen LogP contribution in [0.4, 0.5) is 5.69 Å². The summed E-state index contributed by atoms with van der Waals surface area (Å²) in [7, 11) is 0. The molecule has 3 heteroatoms. The molecular weight excluding hydrogens is 262 g/mol. The van der Waals surface area contributed by atoms with E-state index < -0.39 is 6.10 Å². The standard InChI is InChI=1S/C18H17NO2/c20-18(17-11-14-4-1-2-7-16(14)21-17)19-15-9-8-12-5-3-6-13(12)10-15/h1-2,4,7-10,17H,3,5-6,11H2,(H,19,20). The molecule has 0 saturated heterocycles. The monoisotopic (exact) mass is 279 g/mol. The summed E-state index contributed by atoms with van der Waals surface area (Å²) in [6, 6.07) is 14.0. The molecule has 0 spiro atoms. The number of amides is 1. The smallest absolute Gasteiger partial charge is 0.265 e. The highest BCUT2D eigenvalue weighted by Gasteiger charge is 2.28. The van der Waals surface area contributed by atoms with Crippen LogP contribution in [0, 0.1) is 0 Å². The molecule has 1 unspecified atom stereocenters. The second-order valence-electron chi connectivity index (χ2n) is 5.74. The van der Waals surface area contributed by atoms with Gasteiger partial charge in [0.25, 0.3) is 5.91 Å². The maximum atomic E-state index is 12.3. The highest BCUT2D eigenvalue weighted by molar-refractivity contribution is 5.95. The van der Waals surface area contributed by atoms with E-state index in [1.165, 1.54) is 17.5 Å². The number of carbonyl (C=O) groups is 1. The summed E-state index contributed by atoms with van der Waals surface area (Å²) in [5, 5.41) is 2.98. The van der Waals surface area contributed by atoms with Crippen LogP contribution < -0.4 is 10.1 Å². The van der Waals surface area contributed by atoms with Crippen molar-refractivity contribution >= 4 is 11.6 Å². The van der Waals surface area contributed by atoms with Crippen LogP contribution in [-0.2, 0) is 24.1 Å². The third kappa shape index (κ3) is 2.29. The summed E-state index contributed by atoms with van der Waals surface area (Å²) in [4.78, 5) is 12.3. The number of anilines is 1. The Morgan fingerprint density at radius 3 is 2.81 bits per heavy atom. The molecule has 4 rings (SSSR count). The number of hydrogen-bond donors (Lipinski definition) is 1. The lowest BCUT2D eigenvalue weighted by atomic mass is 10.1. The molecule has 2 aromatic carbocycles. The fourth-order valence-electron chi connectivity index (χ4n) is 3.20. The molecule has 0 aromatic heterocycles. The summed E-state index contributed by atoms with van der Waals surface area (Å²) in [5.41, 5.74) is 4.76. The zero-order valence-corrected chi connectivity index (χ0v) is 11.8. The van der Waals surface area contributed by atoms with E-state index in [0.717, 1.165) is 29.8 Å². The third-order valence-electron chi connectivity index (χ3n) is 4.31. The topological polar surface area (TPSA) is 38.3 Å². The predicted octanol–water partition coefficient (Wildman–Crippen LogP) is 3.12. The fraction of sp³-hybridized carbons (Fsp3) is 0.278. The summed E-state index contributed by atoms with van der Waals surface area (Å²) >= 11 is 0. The Balaban J connectivity index is 1.47. The van der Waals surface area contributed by atoms with Gasteiger partial charge >= 0.3 is 0 Å². The van der Waals surface area contributed by atoms with Gasteiger partial charge in [-0.25, -0.2) is 0 Å². The van der Waals surface area contributed by atoms with Gasteiger partial charge in [-0.3, -0.25) is 4.79 Å². The number of fused-ring (bicyclic) bond motifs is 2.